The maximum Gasteiger partial charge on any atom is 0.241 e. The van der Waals surface area contributed by atoms with Crippen molar-refractivity contribution in [3.8, 4) is 0 Å². The molecule has 27 heavy (non-hydrogen) atoms. The van der Waals surface area contributed by atoms with Crippen molar-refractivity contribution in [3.63, 3.8) is 0 Å². The molecule has 0 bridgehead atoms. The van der Waals surface area contributed by atoms with Gasteiger partial charge in [0.15, 0.2) is 0 Å². The molecule has 2 aromatic carbocycles. The third kappa shape index (κ3) is 5.23. The average Bonchev–Trinajstić information content (AvgIpc) is 2.67. The second-order valence-electron chi connectivity index (χ2n) is 6.15. The van der Waals surface area contributed by atoms with Gasteiger partial charge in [-0.25, -0.2) is 13.1 Å². The number of hydrogen-bond acceptors (Lipinski definition) is 4. The van der Waals surface area contributed by atoms with Crippen LogP contribution >= 0.6 is 15.9 Å². The van der Waals surface area contributed by atoms with E-state index in [9.17, 15) is 8.42 Å². The van der Waals surface area contributed by atoms with Gasteiger partial charge in [0.25, 0.3) is 0 Å². The minimum Gasteiger partial charge on any atom is -0.326 e. The molecular formula is C20H20BrN3O2S. The van der Waals surface area contributed by atoms with E-state index in [0.717, 1.165) is 15.4 Å². The molecule has 5 nitrogen and oxygen atoms in total. The number of halogens is 1. The number of sulfonamides is 1. The summed E-state index contributed by atoms with van der Waals surface area (Å²) < 4.78 is 29.0. The summed E-state index contributed by atoms with van der Waals surface area (Å²) in [5.74, 6) is 0. The highest BCUT2D eigenvalue weighted by Crippen LogP contribution is 2.21. The summed E-state index contributed by atoms with van der Waals surface area (Å²) >= 11 is 3.40. The van der Waals surface area contributed by atoms with Crippen molar-refractivity contribution in [2.24, 2.45) is 5.73 Å². The minimum atomic E-state index is -3.65. The molecule has 0 aliphatic heterocycles. The van der Waals surface area contributed by atoms with Crippen molar-refractivity contribution in [1.29, 1.82) is 0 Å². The molecule has 0 spiro atoms. The molecule has 0 radical (unpaired) electrons. The van der Waals surface area contributed by atoms with E-state index in [-0.39, 0.29) is 17.5 Å². The highest BCUT2D eigenvalue weighted by molar-refractivity contribution is 9.10. The molecule has 3 aromatic rings. The van der Waals surface area contributed by atoms with Crippen LogP contribution in [0.1, 0.15) is 12.0 Å². The van der Waals surface area contributed by atoms with Crippen molar-refractivity contribution in [2.45, 2.75) is 17.4 Å². The Balaban J connectivity index is 1.62. The van der Waals surface area contributed by atoms with Crippen LogP contribution in [0.25, 0.3) is 16.8 Å². The fourth-order valence-corrected chi connectivity index (χ4v) is 4.24. The van der Waals surface area contributed by atoms with Crippen LogP contribution < -0.4 is 10.5 Å². The maximum absolute atomic E-state index is 12.7. The second kappa shape index (κ2) is 8.75. The summed E-state index contributed by atoms with van der Waals surface area (Å²) in [6.07, 6.45) is 7.72. The van der Waals surface area contributed by atoms with Crippen molar-refractivity contribution in [3.05, 3.63) is 77.0 Å². The van der Waals surface area contributed by atoms with E-state index in [1.165, 1.54) is 0 Å². The van der Waals surface area contributed by atoms with Gasteiger partial charge in [0.05, 0.1) is 4.90 Å². The summed E-state index contributed by atoms with van der Waals surface area (Å²) in [6.45, 7) is 0.161. The first kappa shape index (κ1) is 19.7. The third-order valence-electron chi connectivity index (χ3n) is 4.08. The fourth-order valence-electron chi connectivity index (χ4n) is 2.66. The van der Waals surface area contributed by atoms with Gasteiger partial charge in [0.1, 0.15) is 0 Å². The summed E-state index contributed by atoms with van der Waals surface area (Å²) in [4.78, 5) is 4.26. The largest absolute Gasteiger partial charge is 0.326 e. The minimum absolute atomic E-state index is 0.161. The highest BCUT2D eigenvalue weighted by Gasteiger charge is 2.17. The smallest absolute Gasteiger partial charge is 0.241 e. The van der Waals surface area contributed by atoms with E-state index in [1.54, 1.807) is 30.6 Å². The number of hydrogen-bond donors (Lipinski definition) is 2. The van der Waals surface area contributed by atoms with Crippen LogP contribution in [0.15, 0.2) is 76.4 Å². The van der Waals surface area contributed by atoms with E-state index in [1.807, 2.05) is 42.5 Å². The Kier molecular flexibility index (Phi) is 6.38. The Bertz CT molecular complexity index is 1050. The van der Waals surface area contributed by atoms with Crippen molar-refractivity contribution >= 4 is 42.8 Å². The fraction of sp³-hybridized carbons (Fsp3) is 0.150. The van der Waals surface area contributed by atoms with Gasteiger partial charge in [-0.2, -0.15) is 0 Å². The first-order valence-corrected chi connectivity index (χ1v) is 10.7. The van der Waals surface area contributed by atoms with Gasteiger partial charge in [-0.1, -0.05) is 52.3 Å². The van der Waals surface area contributed by atoms with Crippen LogP contribution in [0.3, 0.4) is 0 Å². The van der Waals surface area contributed by atoms with Crippen LogP contribution in [-0.4, -0.2) is 26.0 Å². The van der Waals surface area contributed by atoms with E-state index >= 15 is 0 Å². The van der Waals surface area contributed by atoms with Gasteiger partial charge in [0.2, 0.25) is 10.0 Å². The summed E-state index contributed by atoms with van der Waals surface area (Å²) in [7, 11) is -3.65. The van der Waals surface area contributed by atoms with Crippen molar-refractivity contribution in [2.75, 3.05) is 6.54 Å². The van der Waals surface area contributed by atoms with E-state index in [0.29, 0.717) is 11.8 Å². The van der Waals surface area contributed by atoms with Gasteiger partial charge >= 0.3 is 0 Å². The molecule has 3 N–H and O–H groups in total. The molecular weight excluding hydrogens is 426 g/mol. The Hall–Kier alpha value is -2.06. The van der Waals surface area contributed by atoms with Gasteiger partial charge in [0, 0.05) is 40.2 Å². The predicted octanol–water partition coefficient (Wildman–Crippen LogP) is 3.71. The first-order valence-electron chi connectivity index (χ1n) is 8.46. The normalized spacial score (nSPS) is 13.3. The van der Waals surface area contributed by atoms with E-state index in [2.05, 4.69) is 25.6 Å². The number of nitrogens with zero attached hydrogens (tertiary/aromatic N) is 1. The number of benzene rings is 2. The molecule has 0 amide bonds. The maximum atomic E-state index is 12.7. The standard InChI is InChI=1S/C20H20BrN3O2S/c21-17-9-7-15(8-10-17)3-1-5-18(22)14-24-27(25,26)20-6-2-4-16-13-23-12-11-19(16)20/h1-4,6-13,18,24H,5,14,22H2. The lowest BCUT2D eigenvalue weighted by molar-refractivity contribution is 0.569. The molecule has 1 aromatic heterocycles. The molecule has 140 valence electrons. The molecule has 1 unspecified atom stereocenters. The first-order chi connectivity index (χ1) is 13.0. The lowest BCUT2D eigenvalue weighted by atomic mass is 10.1. The van der Waals surface area contributed by atoms with Gasteiger partial charge in [-0.3, -0.25) is 4.98 Å². The number of pyridine rings is 1. The zero-order valence-corrected chi connectivity index (χ0v) is 16.9. The number of rotatable bonds is 7. The van der Waals surface area contributed by atoms with Crippen LogP contribution in [0.2, 0.25) is 0 Å². The van der Waals surface area contributed by atoms with Gasteiger partial charge in [-0.15, -0.1) is 0 Å². The molecule has 0 saturated heterocycles. The molecule has 1 heterocycles. The van der Waals surface area contributed by atoms with Gasteiger partial charge in [-0.05, 0) is 36.2 Å². The van der Waals surface area contributed by atoms with Crippen LogP contribution in [0, 0.1) is 0 Å². The quantitative estimate of drug-likeness (QED) is 0.580. The van der Waals surface area contributed by atoms with E-state index < -0.39 is 10.0 Å². The monoisotopic (exact) mass is 445 g/mol. The predicted molar refractivity (Wildman–Crippen MR) is 113 cm³/mol. The number of fused-ring (bicyclic) bond motifs is 1. The number of aromatic nitrogens is 1. The molecule has 1 atom stereocenters. The SMILES string of the molecule is NC(CC=Cc1ccc(Br)cc1)CNS(=O)(=O)c1cccc2cnccc12. The summed E-state index contributed by atoms with van der Waals surface area (Å²) in [6, 6.07) is 14.4. The topological polar surface area (TPSA) is 85.1 Å². The Morgan fingerprint density at radius 3 is 2.70 bits per heavy atom. The van der Waals surface area contributed by atoms with Gasteiger partial charge < -0.3 is 5.73 Å². The van der Waals surface area contributed by atoms with Crippen LogP contribution in [0.5, 0.6) is 0 Å². The van der Waals surface area contributed by atoms with Crippen molar-refractivity contribution < 1.29 is 8.42 Å². The number of nitrogens with one attached hydrogen (secondary N) is 1. The summed E-state index contributed by atoms with van der Waals surface area (Å²) in [5.41, 5.74) is 7.13. The zero-order valence-electron chi connectivity index (χ0n) is 14.5. The zero-order chi connectivity index (χ0) is 19.3. The number of nitrogens with two attached hydrogens (primary N) is 1. The Morgan fingerprint density at radius 2 is 1.93 bits per heavy atom. The van der Waals surface area contributed by atoms with Crippen LogP contribution in [-0.2, 0) is 10.0 Å². The molecule has 0 saturated carbocycles. The molecule has 3 rings (SSSR count). The third-order valence-corrected chi connectivity index (χ3v) is 6.10. The van der Waals surface area contributed by atoms with Crippen molar-refractivity contribution in [1.82, 2.24) is 9.71 Å². The highest BCUT2D eigenvalue weighted by atomic mass is 79.9. The molecule has 0 aliphatic carbocycles. The van der Waals surface area contributed by atoms with E-state index in [4.69, 9.17) is 5.73 Å². The Morgan fingerprint density at radius 1 is 1.15 bits per heavy atom. The lowest BCUT2D eigenvalue weighted by Gasteiger charge is -2.13. The van der Waals surface area contributed by atoms with Crippen LogP contribution in [0.4, 0.5) is 0 Å². The molecule has 0 aliphatic rings. The molecule has 7 heteroatoms. The average molecular weight is 446 g/mol. The lowest BCUT2D eigenvalue weighted by Crippen LogP contribution is -2.36. The molecule has 0 fully saturated rings. The summed E-state index contributed by atoms with van der Waals surface area (Å²) in [5, 5.41) is 1.42. The second-order valence-corrected chi connectivity index (χ2v) is 8.81. The Labute approximate surface area is 167 Å².